The normalized spacial score (nSPS) is 19.4. The minimum absolute atomic E-state index is 0.0214. The highest BCUT2D eigenvalue weighted by Crippen LogP contribution is 2.33. The van der Waals surface area contributed by atoms with Crippen LogP contribution >= 0.6 is 11.3 Å². The highest BCUT2D eigenvalue weighted by molar-refractivity contribution is 7.15. The Labute approximate surface area is 147 Å². The third-order valence-corrected chi connectivity index (χ3v) is 4.91. The summed E-state index contributed by atoms with van der Waals surface area (Å²) >= 11 is 1.32. The Hall–Kier alpha value is -2.52. The number of rotatable bonds is 4. The zero-order valence-electron chi connectivity index (χ0n) is 13.3. The van der Waals surface area contributed by atoms with Crippen LogP contribution < -0.4 is 15.0 Å². The summed E-state index contributed by atoms with van der Waals surface area (Å²) in [5.41, 5.74) is 0.717. The third kappa shape index (κ3) is 3.47. The number of anilines is 2. The highest BCUT2D eigenvalue weighted by Gasteiger charge is 2.26. The molecule has 0 bridgehead atoms. The first-order chi connectivity index (χ1) is 12.2. The minimum Gasteiger partial charge on any atom is -0.423 e. The van der Waals surface area contributed by atoms with Crippen LogP contribution in [0.1, 0.15) is 24.0 Å². The monoisotopic (exact) mass is 360 g/mol. The second kappa shape index (κ2) is 6.77. The molecule has 1 fully saturated rings. The molecule has 1 atom stereocenters. The number of hydrogen-bond acceptors (Lipinski definition) is 8. The fourth-order valence-corrected chi connectivity index (χ4v) is 3.71. The van der Waals surface area contributed by atoms with Gasteiger partial charge >= 0.3 is 5.97 Å². The second-order valence-corrected chi connectivity index (χ2v) is 6.80. The van der Waals surface area contributed by atoms with Gasteiger partial charge in [-0.05, 0) is 25.0 Å². The van der Waals surface area contributed by atoms with E-state index in [0.717, 1.165) is 30.1 Å². The van der Waals surface area contributed by atoms with E-state index >= 15 is 0 Å². The Morgan fingerprint density at radius 2 is 2.24 bits per heavy atom. The van der Waals surface area contributed by atoms with Crippen LogP contribution in [0.15, 0.2) is 24.3 Å². The molecule has 1 aromatic carbocycles. The number of ether oxygens (including phenoxy) is 2. The molecule has 1 amide bonds. The Morgan fingerprint density at radius 3 is 3.08 bits per heavy atom. The lowest BCUT2D eigenvalue weighted by molar-refractivity contribution is -0.133. The number of carbonyl (C=O) groups excluding carboxylic acids is 2. The minimum atomic E-state index is -0.386. The zero-order valence-corrected chi connectivity index (χ0v) is 14.1. The first-order valence-electron chi connectivity index (χ1n) is 7.98. The summed E-state index contributed by atoms with van der Waals surface area (Å²) < 4.78 is 10.7. The fourth-order valence-electron chi connectivity index (χ4n) is 2.86. The maximum absolute atomic E-state index is 12.3. The number of fused-ring (bicyclic) bond motifs is 1. The van der Waals surface area contributed by atoms with Crippen LogP contribution in [0, 0.1) is 0 Å². The van der Waals surface area contributed by atoms with Gasteiger partial charge in [0.2, 0.25) is 11.0 Å². The van der Waals surface area contributed by atoms with E-state index in [4.69, 9.17) is 9.47 Å². The molecule has 1 aromatic heterocycles. The number of esters is 1. The standard InChI is InChI=1S/C16H16N4O4S/c21-13(17-16-19-18-15(25-16)12-6-3-7-23-12)8-20-9-14(22)24-11-5-2-1-4-10(11)20/h1-2,4-5,12H,3,6-9H2,(H,17,19,21). The van der Waals surface area contributed by atoms with Crippen molar-refractivity contribution in [3.05, 3.63) is 29.3 Å². The van der Waals surface area contributed by atoms with Crippen LogP contribution in [-0.2, 0) is 14.3 Å². The molecule has 25 heavy (non-hydrogen) atoms. The first kappa shape index (κ1) is 16.0. The largest absolute Gasteiger partial charge is 0.423 e. The smallest absolute Gasteiger partial charge is 0.331 e. The maximum Gasteiger partial charge on any atom is 0.331 e. The average molecular weight is 360 g/mol. The molecule has 2 aliphatic rings. The number of nitrogens with one attached hydrogen (secondary N) is 1. The van der Waals surface area contributed by atoms with Crippen molar-refractivity contribution < 1.29 is 19.1 Å². The van der Waals surface area contributed by atoms with Gasteiger partial charge in [0.25, 0.3) is 0 Å². The van der Waals surface area contributed by atoms with Crippen molar-refractivity contribution in [3.63, 3.8) is 0 Å². The van der Waals surface area contributed by atoms with Crippen molar-refractivity contribution in [3.8, 4) is 5.75 Å². The van der Waals surface area contributed by atoms with Gasteiger partial charge in [0, 0.05) is 6.61 Å². The topological polar surface area (TPSA) is 93.7 Å². The van der Waals surface area contributed by atoms with E-state index in [-0.39, 0.29) is 31.1 Å². The van der Waals surface area contributed by atoms with Crippen LogP contribution in [0.5, 0.6) is 5.75 Å². The summed E-state index contributed by atoms with van der Waals surface area (Å²) in [4.78, 5) is 25.7. The van der Waals surface area contributed by atoms with Gasteiger partial charge in [-0.1, -0.05) is 23.5 Å². The quantitative estimate of drug-likeness (QED) is 0.656. The van der Waals surface area contributed by atoms with Crippen molar-refractivity contribution in [2.45, 2.75) is 18.9 Å². The lowest BCUT2D eigenvalue weighted by Gasteiger charge is -2.28. The van der Waals surface area contributed by atoms with Crippen LogP contribution in [0.2, 0.25) is 0 Å². The number of amides is 1. The lowest BCUT2D eigenvalue weighted by Crippen LogP contribution is -2.41. The molecule has 1 unspecified atom stereocenters. The first-order valence-corrected chi connectivity index (χ1v) is 8.80. The van der Waals surface area contributed by atoms with Crippen molar-refractivity contribution in [2.75, 3.05) is 29.9 Å². The molecule has 8 nitrogen and oxygen atoms in total. The Morgan fingerprint density at radius 1 is 1.36 bits per heavy atom. The Bertz CT molecular complexity index is 803. The van der Waals surface area contributed by atoms with E-state index in [0.29, 0.717) is 10.9 Å². The lowest BCUT2D eigenvalue weighted by atomic mass is 10.2. The van der Waals surface area contributed by atoms with Crippen LogP contribution in [-0.4, -0.2) is 41.8 Å². The fraction of sp³-hybridized carbons (Fsp3) is 0.375. The number of para-hydroxylation sites is 2. The van der Waals surface area contributed by atoms with Gasteiger partial charge in [-0.2, -0.15) is 0 Å². The summed E-state index contributed by atoms with van der Waals surface area (Å²) in [6, 6.07) is 7.14. The summed E-state index contributed by atoms with van der Waals surface area (Å²) in [7, 11) is 0. The zero-order chi connectivity index (χ0) is 17.2. The van der Waals surface area contributed by atoms with Crippen molar-refractivity contribution in [1.29, 1.82) is 0 Å². The predicted octanol–water partition coefficient (Wildman–Crippen LogP) is 1.75. The SMILES string of the molecule is O=C(CN1CC(=O)Oc2ccccc21)Nc1nnc(C2CCCO2)s1. The number of hydrogen-bond donors (Lipinski definition) is 1. The van der Waals surface area contributed by atoms with E-state index in [1.165, 1.54) is 11.3 Å². The van der Waals surface area contributed by atoms with E-state index in [9.17, 15) is 9.59 Å². The molecule has 0 spiro atoms. The van der Waals surface area contributed by atoms with Crippen LogP contribution in [0.3, 0.4) is 0 Å². The van der Waals surface area contributed by atoms with Gasteiger partial charge in [0.05, 0.1) is 12.2 Å². The maximum atomic E-state index is 12.3. The molecule has 3 heterocycles. The van der Waals surface area contributed by atoms with Gasteiger partial charge in [0.1, 0.15) is 17.7 Å². The molecular weight excluding hydrogens is 344 g/mol. The third-order valence-electron chi connectivity index (χ3n) is 3.98. The molecule has 0 saturated carbocycles. The predicted molar refractivity (Wildman–Crippen MR) is 90.8 cm³/mol. The van der Waals surface area contributed by atoms with E-state index < -0.39 is 0 Å². The number of carbonyl (C=O) groups is 2. The molecule has 2 aromatic rings. The second-order valence-electron chi connectivity index (χ2n) is 5.79. The Kier molecular flexibility index (Phi) is 4.33. The van der Waals surface area contributed by atoms with Crippen molar-refractivity contribution >= 4 is 34.0 Å². The van der Waals surface area contributed by atoms with Gasteiger partial charge < -0.3 is 14.4 Å². The average Bonchev–Trinajstić information content (AvgIpc) is 3.25. The molecule has 1 saturated heterocycles. The van der Waals surface area contributed by atoms with Gasteiger partial charge in [-0.25, -0.2) is 4.79 Å². The Balaban J connectivity index is 1.42. The number of aromatic nitrogens is 2. The number of benzene rings is 1. The van der Waals surface area contributed by atoms with Gasteiger partial charge in [-0.3, -0.25) is 10.1 Å². The summed E-state index contributed by atoms with van der Waals surface area (Å²) in [5.74, 6) is -0.189. The van der Waals surface area contributed by atoms with Crippen molar-refractivity contribution in [1.82, 2.24) is 10.2 Å². The molecule has 1 N–H and O–H groups in total. The molecule has 0 radical (unpaired) electrons. The van der Waals surface area contributed by atoms with Gasteiger partial charge in [-0.15, -0.1) is 10.2 Å². The molecule has 130 valence electrons. The van der Waals surface area contributed by atoms with E-state index in [2.05, 4.69) is 15.5 Å². The van der Waals surface area contributed by atoms with Gasteiger partial charge in [0.15, 0.2) is 5.75 Å². The van der Waals surface area contributed by atoms with E-state index in [1.807, 2.05) is 12.1 Å². The van der Waals surface area contributed by atoms with Crippen LogP contribution in [0.25, 0.3) is 0 Å². The molecule has 0 aliphatic carbocycles. The van der Waals surface area contributed by atoms with E-state index in [1.54, 1.807) is 17.0 Å². The molecule has 4 rings (SSSR count). The van der Waals surface area contributed by atoms with Crippen LogP contribution in [0.4, 0.5) is 10.8 Å². The number of nitrogens with zero attached hydrogens (tertiary/aromatic N) is 3. The summed E-state index contributed by atoms with van der Waals surface area (Å²) in [6.45, 7) is 0.791. The molecule has 9 heteroatoms. The molecule has 2 aliphatic heterocycles. The summed E-state index contributed by atoms with van der Waals surface area (Å²) in [6.07, 6.45) is 1.91. The summed E-state index contributed by atoms with van der Waals surface area (Å²) in [5, 5.41) is 12.0. The highest BCUT2D eigenvalue weighted by atomic mass is 32.1. The molecular formula is C16H16N4O4S. The van der Waals surface area contributed by atoms with Crippen molar-refractivity contribution in [2.24, 2.45) is 0 Å².